The van der Waals surface area contributed by atoms with Gasteiger partial charge in [-0.2, -0.15) is 0 Å². The van der Waals surface area contributed by atoms with Crippen molar-refractivity contribution in [2.24, 2.45) is 0 Å². The number of ketones is 1. The Morgan fingerprint density at radius 3 is 2.33 bits per heavy atom. The van der Waals surface area contributed by atoms with Crippen LogP contribution in [0.1, 0.15) is 30.0 Å². The van der Waals surface area contributed by atoms with Gasteiger partial charge in [-0.25, -0.2) is 0 Å². The summed E-state index contributed by atoms with van der Waals surface area (Å²) in [5.41, 5.74) is 1.45. The maximum atomic E-state index is 12.8. The maximum Gasteiger partial charge on any atom is 0.295 e. The maximum absolute atomic E-state index is 12.8. The number of aliphatic hydroxyl groups excluding tert-OH is 1. The smallest absolute Gasteiger partial charge is 0.295 e. The fraction of sp³-hybridized carbons (Fsp3) is 0.273. The lowest BCUT2D eigenvalue weighted by molar-refractivity contribution is -0.140. The number of carbonyl (C=O) groups excluding carboxylic acids is 2. The molecular weight excluding hydrogens is 342 g/mol. The number of amides is 1. The molecule has 2 atom stereocenters. The van der Waals surface area contributed by atoms with Gasteiger partial charge >= 0.3 is 0 Å². The van der Waals surface area contributed by atoms with Crippen LogP contribution in [0, 0.1) is 0 Å². The third-order valence-electron chi connectivity index (χ3n) is 5.13. The fourth-order valence-corrected chi connectivity index (χ4v) is 3.81. The Morgan fingerprint density at radius 2 is 1.70 bits per heavy atom. The molecule has 5 heteroatoms. The first-order valence-corrected chi connectivity index (χ1v) is 9.17. The minimum atomic E-state index is -0.650. The fourth-order valence-electron chi connectivity index (χ4n) is 3.81. The molecular formula is C22H21NO4. The highest BCUT2D eigenvalue weighted by molar-refractivity contribution is 6.46. The van der Waals surface area contributed by atoms with Crippen molar-refractivity contribution in [3.63, 3.8) is 0 Å². The molecule has 0 aromatic heterocycles. The van der Waals surface area contributed by atoms with Gasteiger partial charge in [-0.3, -0.25) is 9.59 Å². The lowest BCUT2D eigenvalue weighted by Gasteiger charge is -2.27. The van der Waals surface area contributed by atoms with E-state index in [-0.39, 0.29) is 17.4 Å². The average Bonchev–Trinajstić information content (AvgIpc) is 3.31. The molecule has 0 saturated carbocycles. The van der Waals surface area contributed by atoms with E-state index in [0.29, 0.717) is 18.7 Å². The zero-order valence-electron chi connectivity index (χ0n) is 14.9. The zero-order chi connectivity index (χ0) is 18.8. The largest absolute Gasteiger partial charge is 0.507 e. The molecule has 27 heavy (non-hydrogen) atoms. The summed E-state index contributed by atoms with van der Waals surface area (Å²) in [5.74, 6) is -1.38. The lowest BCUT2D eigenvalue weighted by atomic mass is 9.95. The third-order valence-corrected chi connectivity index (χ3v) is 5.13. The summed E-state index contributed by atoms with van der Waals surface area (Å²) in [6.07, 6.45) is 1.74. The van der Waals surface area contributed by atoms with Crippen molar-refractivity contribution in [3.8, 4) is 0 Å². The molecule has 0 bridgehead atoms. The van der Waals surface area contributed by atoms with Crippen LogP contribution in [-0.4, -0.2) is 41.0 Å². The Labute approximate surface area is 157 Å². The third kappa shape index (κ3) is 3.26. The summed E-state index contributed by atoms with van der Waals surface area (Å²) in [5, 5.41) is 10.9. The molecule has 2 aromatic carbocycles. The first kappa shape index (κ1) is 17.5. The van der Waals surface area contributed by atoms with Crippen molar-refractivity contribution in [3.05, 3.63) is 77.4 Å². The molecule has 5 nitrogen and oxygen atoms in total. The van der Waals surface area contributed by atoms with E-state index in [1.807, 2.05) is 36.4 Å². The minimum Gasteiger partial charge on any atom is -0.507 e. The molecule has 2 aliphatic heterocycles. The van der Waals surface area contributed by atoms with Crippen LogP contribution >= 0.6 is 0 Å². The number of benzene rings is 2. The van der Waals surface area contributed by atoms with E-state index in [0.717, 1.165) is 18.4 Å². The summed E-state index contributed by atoms with van der Waals surface area (Å²) in [7, 11) is 0. The second kappa shape index (κ2) is 7.37. The van der Waals surface area contributed by atoms with Gasteiger partial charge in [-0.15, -0.1) is 0 Å². The van der Waals surface area contributed by atoms with E-state index in [1.54, 1.807) is 29.2 Å². The normalized spacial score (nSPS) is 24.5. The molecule has 0 aliphatic carbocycles. The number of rotatable bonds is 4. The second-order valence-electron chi connectivity index (χ2n) is 6.86. The van der Waals surface area contributed by atoms with Gasteiger partial charge in [-0.05, 0) is 18.4 Å². The molecule has 2 aliphatic rings. The predicted molar refractivity (Wildman–Crippen MR) is 101 cm³/mol. The van der Waals surface area contributed by atoms with Crippen molar-refractivity contribution in [2.75, 3.05) is 13.2 Å². The van der Waals surface area contributed by atoms with Gasteiger partial charge in [0.05, 0.1) is 17.7 Å². The average molecular weight is 363 g/mol. The molecule has 1 N–H and O–H groups in total. The number of nitrogens with zero attached hydrogens (tertiary/aromatic N) is 1. The predicted octanol–water partition coefficient (Wildman–Crippen LogP) is 3.29. The molecule has 2 fully saturated rings. The number of hydrogen-bond donors (Lipinski definition) is 1. The molecule has 2 heterocycles. The van der Waals surface area contributed by atoms with E-state index in [9.17, 15) is 14.7 Å². The second-order valence-corrected chi connectivity index (χ2v) is 6.86. The van der Waals surface area contributed by atoms with Gasteiger partial charge in [0.25, 0.3) is 11.7 Å². The number of aliphatic hydroxyl groups is 1. The Hall–Kier alpha value is -2.92. The van der Waals surface area contributed by atoms with Crippen LogP contribution in [0.4, 0.5) is 0 Å². The summed E-state index contributed by atoms with van der Waals surface area (Å²) in [6.45, 7) is 1.02. The SMILES string of the molecule is O=C1C(=O)N(CC2CCCO2)C(c2ccccc2)/C1=C(\O)c1ccccc1. The highest BCUT2D eigenvalue weighted by atomic mass is 16.5. The van der Waals surface area contributed by atoms with Gasteiger partial charge in [0, 0.05) is 18.7 Å². The van der Waals surface area contributed by atoms with Crippen molar-refractivity contribution >= 4 is 17.4 Å². The van der Waals surface area contributed by atoms with E-state index in [4.69, 9.17) is 4.74 Å². The van der Waals surface area contributed by atoms with Gasteiger partial charge < -0.3 is 14.7 Å². The van der Waals surface area contributed by atoms with Gasteiger partial charge in [0.1, 0.15) is 5.76 Å². The summed E-state index contributed by atoms with van der Waals surface area (Å²) < 4.78 is 5.68. The van der Waals surface area contributed by atoms with Crippen LogP contribution in [0.3, 0.4) is 0 Å². The summed E-state index contributed by atoms with van der Waals surface area (Å²) in [6, 6.07) is 17.6. The Bertz CT molecular complexity index is 870. The highest BCUT2D eigenvalue weighted by Crippen LogP contribution is 2.39. The van der Waals surface area contributed by atoms with E-state index in [2.05, 4.69) is 0 Å². The van der Waals surface area contributed by atoms with Crippen molar-refractivity contribution in [1.82, 2.24) is 4.90 Å². The summed E-state index contributed by atoms with van der Waals surface area (Å²) >= 11 is 0. The van der Waals surface area contributed by atoms with Gasteiger partial charge in [-0.1, -0.05) is 60.7 Å². The van der Waals surface area contributed by atoms with Crippen molar-refractivity contribution in [2.45, 2.75) is 25.0 Å². The molecule has 0 radical (unpaired) electrons. The van der Waals surface area contributed by atoms with Crippen LogP contribution in [0.5, 0.6) is 0 Å². The van der Waals surface area contributed by atoms with E-state index < -0.39 is 17.7 Å². The quantitative estimate of drug-likeness (QED) is 0.514. The molecule has 4 rings (SSSR count). The molecule has 138 valence electrons. The van der Waals surface area contributed by atoms with Crippen LogP contribution in [-0.2, 0) is 14.3 Å². The van der Waals surface area contributed by atoms with Crippen molar-refractivity contribution in [1.29, 1.82) is 0 Å². The van der Waals surface area contributed by atoms with Crippen LogP contribution < -0.4 is 0 Å². The first-order valence-electron chi connectivity index (χ1n) is 9.17. The van der Waals surface area contributed by atoms with Gasteiger partial charge in [0.2, 0.25) is 0 Å². The monoisotopic (exact) mass is 363 g/mol. The molecule has 2 unspecified atom stereocenters. The highest BCUT2D eigenvalue weighted by Gasteiger charge is 2.46. The van der Waals surface area contributed by atoms with Crippen molar-refractivity contribution < 1.29 is 19.4 Å². The standard InChI is InChI=1S/C22H21NO4/c24-20(16-10-5-2-6-11-16)18-19(15-8-3-1-4-9-15)23(22(26)21(18)25)14-17-12-7-13-27-17/h1-6,8-11,17,19,24H,7,12-14H2/b20-18+. The summed E-state index contributed by atoms with van der Waals surface area (Å²) in [4.78, 5) is 27.2. The lowest BCUT2D eigenvalue weighted by Crippen LogP contribution is -2.36. The van der Waals surface area contributed by atoms with Crippen LogP contribution in [0.25, 0.3) is 5.76 Å². The van der Waals surface area contributed by atoms with E-state index in [1.165, 1.54) is 0 Å². The number of carbonyl (C=O) groups is 2. The topological polar surface area (TPSA) is 66.8 Å². The first-order chi connectivity index (χ1) is 13.2. The van der Waals surface area contributed by atoms with Gasteiger partial charge in [0.15, 0.2) is 0 Å². The van der Waals surface area contributed by atoms with Crippen LogP contribution in [0.2, 0.25) is 0 Å². The number of hydrogen-bond acceptors (Lipinski definition) is 4. The number of ether oxygens (including phenoxy) is 1. The number of Topliss-reactive ketones (excluding diaryl/α,β-unsaturated/α-hetero) is 1. The molecule has 0 spiro atoms. The number of likely N-dealkylation sites (tertiary alicyclic amines) is 1. The zero-order valence-corrected chi connectivity index (χ0v) is 14.9. The van der Waals surface area contributed by atoms with E-state index >= 15 is 0 Å². The Kier molecular flexibility index (Phi) is 4.77. The van der Waals surface area contributed by atoms with Crippen LogP contribution in [0.15, 0.2) is 66.2 Å². The molecule has 2 aromatic rings. The molecule has 1 amide bonds. The Morgan fingerprint density at radius 1 is 1.04 bits per heavy atom. The molecule has 2 saturated heterocycles. The minimum absolute atomic E-state index is 0.0776. The Balaban J connectivity index is 1.81.